The molecule has 2 aromatic rings. The highest BCUT2D eigenvalue weighted by Gasteiger charge is 2.13. The number of hydrogen-bond donors (Lipinski definition) is 2. The lowest BCUT2D eigenvalue weighted by molar-refractivity contribution is 0.102. The minimum atomic E-state index is -0.330. The summed E-state index contributed by atoms with van der Waals surface area (Å²) in [5.74, 6) is 0.643. The topological polar surface area (TPSA) is 86.5 Å². The molecule has 0 saturated carbocycles. The number of hydrogen-bond acceptors (Lipinski definition) is 5. The molecule has 21 heavy (non-hydrogen) atoms. The predicted octanol–water partition coefficient (Wildman–Crippen LogP) is 2.32. The Morgan fingerprint density at radius 2 is 2.19 bits per heavy atom. The maximum Gasteiger partial charge on any atom is 0.257 e. The smallest absolute Gasteiger partial charge is 0.257 e. The molecule has 0 aliphatic rings. The van der Waals surface area contributed by atoms with Crippen LogP contribution in [0.5, 0.6) is 11.6 Å². The lowest BCUT2D eigenvalue weighted by Gasteiger charge is -2.11. The quantitative estimate of drug-likeness (QED) is 0.824. The van der Waals surface area contributed by atoms with Crippen LogP contribution in [0, 0.1) is 0 Å². The van der Waals surface area contributed by atoms with Crippen LogP contribution in [0.3, 0.4) is 0 Å². The Hall–Kier alpha value is -2.76. The number of anilines is 2. The van der Waals surface area contributed by atoms with Gasteiger partial charge in [0.15, 0.2) is 0 Å². The second kappa shape index (κ2) is 6.60. The number of nitrogens with two attached hydrogens (primary N) is 1. The summed E-state index contributed by atoms with van der Waals surface area (Å²) < 4.78 is 10.4. The Morgan fingerprint density at radius 1 is 1.38 bits per heavy atom. The van der Waals surface area contributed by atoms with Gasteiger partial charge < -0.3 is 20.5 Å². The molecule has 6 heteroatoms. The summed E-state index contributed by atoms with van der Waals surface area (Å²) in [6, 6.07) is 8.32. The molecule has 0 radical (unpaired) electrons. The zero-order chi connectivity index (χ0) is 15.2. The van der Waals surface area contributed by atoms with Gasteiger partial charge in [-0.2, -0.15) is 0 Å². The van der Waals surface area contributed by atoms with Gasteiger partial charge in [-0.25, -0.2) is 4.98 Å². The van der Waals surface area contributed by atoms with E-state index in [0.717, 1.165) is 0 Å². The van der Waals surface area contributed by atoms with Crippen LogP contribution in [-0.2, 0) is 0 Å². The number of pyridine rings is 1. The van der Waals surface area contributed by atoms with Crippen molar-refractivity contribution in [3.8, 4) is 11.6 Å². The molecule has 0 bridgehead atoms. The molecule has 0 unspecified atom stereocenters. The van der Waals surface area contributed by atoms with E-state index in [1.165, 1.54) is 0 Å². The van der Waals surface area contributed by atoms with Crippen LogP contribution in [-0.4, -0.2) is 24.6 Å². The average Bonchev–Trinajstić information content (AvgIpc) is 2.49. The summed E-state index contributed by atoms with van der Waals surface area (Å²) in [4.78, 5) is 16.4. The number of aromatic nitrogens is 1. The first-order valence-corrected chi connectivity index (χ1v) is 6.48. The minimum absolute atomic E-state index is 0.330. The highest BCUT2D eigenvalue weighted by atomic mass is 16.5. The Morgan fingerprint density at radius 3 is 2.86 bits per heavy atom. The van der Waals surface area contributed by atoms with E-state index in [0.29, 0.717) is 35.2 Å². The standard InChI is InChI=1S/C15H17N3O3/c1-3-21-15-13(5-4-8-17-15)18-14(19)11-7-6-10(20-2)9-12(11)16/h4-9H,3,16H2,1-2H3,(H,18,19). The SMILES string of the molecule is CCOc1ncccc1NC(=O)c1ccc(OC)cc1N. The van der Waals surface area contributed by atoms with E-state index >= 15 is 0 Å². The van der Waals surface area contributed by atoms with E-state index in [1.807, 2.05) is 6.92 Å². The van der Waals surface area contributed by atoms with Gasteiger partial charge in [-0.1, -0.05) is 0 Å². The molecular formula is C15H17N3O3. The summed E-state index contributed by atoms with van der Waals surface area (Å²) in [7, 11) is 1.54. The third kappa shape index (κ3) is 3.42. The van der Waals surface area contributed by atoms with Crippen LogP contribution in [0.4, 0.5) is 11.4 Å². The second-order valence-corrected chi connectivity index (χ2v) is 4.20. The fourth-order valence-corrected chi connectivity index (χ4v) is 1.80. The van der Waals surface area contributed by atoms with Crippen molar-refractivity contribution in [3.05, 3.63) is 42.1 Å². The molecule has 2 rings (SSSR count). The molecule has 0 saturated heterocycles. The van der Waals surface area contributed by atoms with Crippen LogP contribution >= 0.6 is 0 Å². The first-order chi connectivity index (χ1) is 10.2. The fourth-order valence-electron chi connectivity index (χ4n) is 1.80. The molecule has 0 aliphatic carbocycles. The third-order valence-corrected chi connectivity index (χ3v) is 2.80. The summed E-state index contributed by atoms with van der Waals surface area (Å²) >= 11 is 0. The van der Waals surface area contributed by atoms with Crippen molar-refractivity contribution in [1.82, 2.24) is 4.98 Å². The highest BCUT2D eigenvalue weighted by Crippen LogP contribution is 2.24. The van der Waals surface area contributed by atoms with Gasteiger partial charge in [0, 0.05) is 18.0 Å². The van der Waals surface area contributed by atoms with Crippen LogP contribution < -0.4 is 20.5 Å². The van der Waals surface area contributed by atoms with Crippen LogP contribution in [0.1, 0.15) is 17.3 Å². The van der Waals surface area contributed by atoms with Crippen molar-refractivity contribution in [2.24, 2.45) is 0 Å². The second-order valence-electron chi connectivity index (χ2n) is 4.20. The van der Waals surface area contributed by atoms with Gasteiger partial charge in [-0.05, 0) is 31.2 Å². The number of carbonyl (C=O) groups excluding carboxylic acids is 1. The normalized spacial score (nSPS) is 10.0. The van der Waals surface area contributed by atoms with Gasteiger partial charge in [0.25, 0.3) is 5.91 Å². The van der Waals surface area contributed by atoms with E-state index < -0.39 is 0 Å². The molecule has 0 aliphatic heterocycles. The maximum atomic E-state index is 12.3. The van der Waals surface area contributed by atoms with Gasteiger partial charge in [0.2, 0.25) is 5.88 Å². The lowest BCUT2D eigenvalue weighted by atomic mass is 10.1. The Labute approximate surface area is 122 Å². The molecule has 1 amide bonds. The zero-order valence-electron chi connectivity index (χ0n) is 11.9. The van der Waals surface area contributed by atoms with E-state index in [2.05, 4.69) is 10.3 Å². The molecular weight excluding hydrogens is 270 g/mol. The fraction of sp³-hybridized carbons (Fsp3) is 0.200. The molecule has 1 heterocycles. The molecule has 1 aromatic carbocycles. The Balaban J connectivity index is 2.22. The van der Waals surface area contributed by atoms with Crippen molar-refractivity contribution >= 4 is 17.3 Å². The number of rotatable bonds is 5. The summed E-state index contributed by atoms with van der Waals surface area (Å²) in [5.41, 5.74) is 7.06. The molecule has 0 spiro atoms. The number of nitrogen functional groups attached to an aromatic ring is 1. The molecule has 1 aromatic heterocycles. The number of ether oxygens (including phenoxy) is 2. The van der Waals surface area contributed by atoms with E-state index in [4.69, 9.17) is 15.2 Å². The Kier molecular flexibility index (Phi) is 4.61. The van der Waals surface area contributed by atoms with Crippen molar-refractivity contribution in [2.45, 2.75) is 6.92 Å². The first kappa shape index (κ1) is 14.6. The van der Waals surface area contributed by atoms with Crippen molar-refractivity contribution < 1.29 is 14.3 Å². The van der Waals surface area contributed by atoms with E-state index in [1.54, 1.807) is 43.6 Å². The van der Waals surface area contributed by atoms with Gasteiger partial charge >= 0.3 is 0 Å². The molecule has 0 atom stereocenters. The van der Waals surface area contributed by atoms with Crippen LogP contribution in [0.25, 0.3) is 0 Å². The molecule has 0 fully saturated rings. The maximum absolute atomic E-state index is 12.3. The Bertz CT molecular complexity index is 644. The van der Waals surface area contributed by atoms with E-state index in [-0.39, 0.29) is 5.91 Å². The number of benzene rings is 1. The van der Waals surface area contributed by atoms with Gasteiger partial charge in [-0.3, -0.25) is 4.79 Å². The number of nitrogens with zero attached hydrogens (tertiary/aromatic N) is 1. The molecule has 110 valence electrons. The number of amides is 1. The minimum Gasteiger partial charge on any atom is -0.497 e. The van der Waals surface area contributed by atoms with Gasteiger partial charge in [-0.15, -0.1) is 0 Å². The van der Waals surface area contributed by atoms with Gasteiger partial charge in [0.05, 0.1) is 19.3 Å². The molecule has 3 N–H and O–H groups in total. The lowest BCUT2D eigenvalue weighted by Crippen LogP contribution is -2.15. The van der Waals surface area contributed by atoms with Crippen LogP contribution in [0.2, 0.25) is 0 Å². The third-order valence-electron chi connectivity index (χ3n) is 2.80. The molecule has 6 nitrogen and oxygen atoms in total. The monoisotopic (exact) mass is 287 g/mol. The van der Waals surface area contributed by atoms with E-state index in [9.17, 15) is 4.79 Å². The van der Waals surface area contributed by atoms with Gasteiger partial charge in [0.1, 0.15) is 11.4 Å². The zero-order valence-corrected chi connectivity index (χ0v) is 11.9. The van der Waals surface area contributed by atoms with Crippen molar-refractivity contribution in [3.63, 3.8) is 0 Å². The first-order valence-electron chi connectivity index (χ1n) is 6.48. The number of methoxy groups -OCH3 is 1. The summed E-state index contributed by atoms with van der Waals surface area (Å²) in [6.07, 6.45) is 1.60. The number of nitrogens with one attached hydrogen (secondary N) is 1. The summed E-state index contributed by atoms with van der Waals surface area (Å²) in [6.45, 7) is 2.31. The van der Waals surface area contributed by atoms with Crippen molar-refractivity contribution in [2.75, 3.05) is 24.8 Å². The predicted molar refractivity (Wildman–Crippen MR) is 80.8 cm³/mol. The highest BCUT2D eigenvalue weighted by molar-refractivity contribution is 6.08. The summed E-state index contributed by atoms with van der Waals surface area (Å²) in [5, 5.41) is 2.74. The van der Waals surface area contributed by atoms with Crippen molar-refractivity contribution in [1.29, 1.82) is 0 Å². The average molecular weight is 287 g/mol. The number of carbonyl (C=O) groups is 1. The van der Waals surface area contributed by atoms with Crippen LogP contribution in [0.15, 0.2) is 36.5 Å². The largest absolute Gasteiger partial charge is 0.497 e.